The minimum absolute atomic E-state index is 0.0514. The molecule has 0 aromatic heterocycles. The molecular formula is C14H25N3O2. The summed E-state index contributed by atoms with van der Waals surface area (Å²) in [5.74, 6) is 0.629. The molecule has 0 aromatic rings. The van der Waals surface area contributed by atoms with Crippen molar-refractivity contribution < 1.29 is 9.59 Å². The molecule has 19 heavy (non-hydrogen) atoms. The normalized spacial score (nSPS) is 22.8. The first-order chi connectivity index (χ1) is 9.11. The molecule has 2 aliphatic carbocycles. The monoisotopic (exact) mass is 267 g/mol. The van der Waals surface area contributed by atoms with Crippen LogP contribution in [0, 0.1) is 11.8 Å². The second-order valence-electron chi connectivity index (χ2n) is 5.91. The van der Waals surface area contributed by atoms with Gasteiger partial charge in [0.25, 0.3) is 0 Å². The quantitative estimate of drug-likeness (QED) is 0.656. The molecular weight excluding hydrogens is 242 g/mol. The van der Waals surface area contributed by atoms with Crippen LogP contribution in [0.1, 0.15) is 45.4 Å². The Bertz CT molecular complexity index is 336. The van der Waals surface area contributed by atoms with Crippen LogP contribution in [-0.2, 0) is 9.59 Å². The van der Waals surface area contributed by atoms with E-state index in [2.05, 4.69) is 10.6 Å². The number of carbonyl (C=O) groups is 2. The molecule has 2 amide bonds. The molecule has 0 spiro atoms. The van der Waals surface area contributed by atoms with E-state index in [1.54, 1.807) is 0 Å². The molecule has 108 valence electrons. The van der Waals surface area contributed by atoms with Gasteiger partial charge in [-0.05, 0) is 37.5 Å². The van der Waals surface area contributed by atoms with Crippen molar-refractivity contribution in [1.29, 1.82) is 0 Å². The Balaban J connectivity index is 1.95. The highest BCUT2D eigenvalue weighted by Crippen LogP contribution is 2.33. The Morgan fingerprint density at radius 2 is 1.74 bits per heavy atom. The van der Waals surface area contributed by atoms with Crippen LogP contribution < -0.4 is 16.4 Å². The van der Waals surface area contributed by atoms with Gasteiger partial charge in [-0.2, -0.15) is 0 Å². The smallest absolute Gasteiger partial charge is 0.243 e. The summed E-state index contributed by atoms with van der Waals surface area (Å²) in [6, 6.07) is -0.307. The highest BCUT2D eigenvalue weighted by atomic mass is 16.2. The standard InChI is InChI=1S/C14H25N3O2/c1-9(18)16-13(11-4-2-3-5-11)14(19)17-12(8-15)10-6-7-10/h10-13H,2-8,15H2,1H3,(H,16,18)(H,17,19). The highest BCUT2D eigenvalue weighted by Gasteiger charge is 2.36. The fourth-order valence-corrected chi connectivity index (χ4v) is 3.05. The summed E-state index contributed by atoms with van der Waals surface area (Å²) in [7, 11) is 0. The van der Waals surface area contributed by atoms with Crippen molar-refractivity contribution in [1.82, 2.24) is 10.6 Å². The van der Waals surface area contributed by atoms with E-state index >= 15 is 0 Å². The third kappa shape index (κ3) is 3.93. The van der Waals surface area contributed by atoms with Crippen LogP contribution in [0.15, 0.2) is 0 Å². The fraction of sp³-hybridized carbons (Fsp3) is 0.857. The van der Waals surface area contributed by atoms with E-state index < -0.39 is 0 Å². The SMILES string of the molecule is CC(=O)NC(C(=O)NC(CN)C1CC1)C1CCCC1. The van der Waals surface area contributed by atoms with E-state index in [4.69, 9.17) is 5.73 Å². The van der Waals surface area contributed by atoms with Crippen molar-refractivity contribution >= 4 is 11.8 Å². The first-order valence-electron chi connectivity index (χ1n) is 7.39. The average molecular weight is 267 g/mol. The average Bonchev–Trinajstić information content (AvgIpc) is 3.07. The molecule has 0 aliphatic heterocycles. The van der Waals surface area contributed by atoms with Gasteiger partial charge in [0.05, 0.1) is 0 Å². The van der Waals surface area contributed by atoms with Crippen LogP contribution in [0.2, 0.25) is 0 Å². The van der Waals surface area contributed by atoms with Crippen molar-refractivity contribution in [2.45, 2.75) is 57.5 Å². The summed E-state index contributed by atoms with van der Waals surface area (Å²) >= 11 is 0. The number of carbonyl (C=O) groups excluding carboxylic acids is 2. The number of hydrogen-bond acceptors (Lipinski definition) is 3. The van der Waals surface area contributed by atoms with Crippen LogP contribution in [0.25, 0.3) is 0 Å². The van der Waals surface area contributed by atoms with Gasteiger partial charge in [0.15, 0.2) is 0 Å². The molecule has 0 saturated heterocycles. The van der Waals surface area contributed by atoms with Gasteiger partial charge in [0.1, 0.15) is 6.04 Å². The maximum atomic E-state index is 12.4. The zero-order chi connectivity index (χ0) is 13.8. The number of rotatable bonds is 6. The van der Waals surface area contributed by atoms with Gasteiger partial charge in [-0.15, -0.1) is 0 Å². The van der Waals surface area contributed by atoms with E-state index in [0.717, 1.165) is 38.5 Å². The van der Waals surface area contributed by atoms with Crippen molar-refractivity contribution in [3.8, 4) is 0 Å². The van der Waals surface area contributed by atoms with Crippen molar-refractivity contribution in [2.24, 2.45) is 17.6 Å². The third-order valence-corrected chi connectivity index (χ3v) is 4.29. The second-order valence-corrected chi connectivity index (χ2v) is 5.91. The van der Waals surface area contributed by atoms with Crippen LogP contribution >= 0.6 is 0 Å². The molecule has 5 nitrogen and oxygen atoms in total. The minimum Gasteiger partial charge on any atom is -0.350 e. The third-order valence-electron chi connectivity index (χ3n) is 4.29. The van der Waals surface area contributed by atoms with E-state index in [1.165, 1.54) is 6.92 Å². The zero-order valence-corrected chi connectivity index (χ0v) is 11.7. The topological polar surface area (TPSA) is 84.2 Å². The van der Waals surface area contributed by atoms with Crippen molar-refractivity contribution in [3.63, 3.8) is 0 Å². The lowest BCUT2D eigenvalue weighted by Gasteiger charge is -2.26. The predicted molar refractivity (Wildman–Crippen MR) is 73.3 cm³/mol. The summed E-state index contributed by atoms with van der Waals surface area (Å²) in [6.07, 6.45) is 6.64. The maximum absolute atomic E-state index is 12.4. The largest absolute Gasteiger partial charge is 0.350 e. The summed E-state index contributed by atoms with van der Waals surface area (Å²) in [5.41, 5.74) is 5.71. The lowest BCUT2D eigenvalue weighted by molar-refractivity contribution is -0.130. The van der Waals surface area contributed by atoms with E-state index in [1.807, 2.05) is 0 Å². The lowest BCUT2D eigenvalue weighted by atomic mass is 9.96. The molecule has 2 atom stereocenters. The van der Waals surface area contributed by atoms with Crippen molar-refractivity contribution in [3.05, 3.63) is 0 Å². The van der Waals surface area contributed by atoms with Crippen molar-refractivity contribution in [2.75, 3.05) is 6.54 Å². The Kier molecular flexibility index (Phi) is 4.80. The van der Waals surface area contributed by atoms with Crippen LogP contribution in [-0.4, -0.2) is 30.4 Å². The molecule has 2 saturated carbocycles. The van der Waals surface area contributed by atoms with Gasteiger partial charge in [0.2, 0.25) is 11.8 Å². The van der Waals surface area contributed by atoms with Crippen LogP contribution in [0.4, 0.5) is 0 Å². The van der Waals surface area contributed by atoms with E-state index in [9.17, 15) is 9.59 Å². The second kappa shape index (κ2) is 6.37. The van der Waals surface area contributed by atoms with Gasteiger partial charge in [-0.25, -0.2) is 0 Å². The summed E-state index contributed by atoms with van der Waals surface area (Å²) < 4.78 is 0. The Hall–Kier alpha value is -1.10. The van der Waals surface area contributed by atoms with Crippen LogP contribution in [0.5, 0.6) is 0 Å². The number of hydrogen-bond donors (Lipinski definition) is 3. The molecule has 2 rings (SSSR count). The summed E-state index contributed by atoms with van der Waals surface area (Å²) in [4.78, 5) is 23.7. The first kappa shape index (κ1) is 14.3. The number of nitrogens with two attached hydrogens (primary N) is 1. The molecule has 0 heterocycles. The molecule has 2 unspecified atom stereocenters. The molecule has 0 radical (unpaired) electrons. The Morgan fingerprint density at radius 1 is 1.11 bits per heavy atom. The summed E-state index contributed by atoms with van der Waals surface area (Å²) in [6.45, 7) is 1.95. The minimum atomic E-state index is -0.382. The lowest BCUT2D eigenvalue weighted by Crippen LogP contribution is -2.54. The van der Waals surface area contributed by atoms with E-state index in [0.29, 0.717) is 12.5 Å². The Morgan fingerprint density at radius 3 is 2.21 bits per heavy atom. The highest BCUT2D eigenvalue weighted by molar-refractivity contribution is 5.87. The van der Waals surface area contributed by atoms with Gasteiger partial charge in [-0.1, -0.05) is 12.8 Å². The number of nitrogens with one attached hydrogen (secondary N) is 2. The predicted octanol–water partition coefficient (Wildman–Crippen LogP) is 0.535. The zero-order valence-electron chi connectivity index (χ0n) is 11.7. The van der Waals surface area contributed by atoms with Gasteiger partial charge >= 0.3 is 0 Å². The Labute approximate surface area is 114 Å². The fourth-order valence-electron chi connectivity index (χ4n) is 3.05. The number of amides is 2. The first-order valence-corrected chi connectivity index (χ1v) is 7.39. The van der Waals surface area contributed by atoms with Gasteiger partial charge in [0, 0.05) is 19.5 Å². The molecule has 4 N–H and O–H groups in total. The van der Waals surface area contributed by atoms with Crippen LogP contribution in [0.3, 0.4) is 0 Å². The molecule has 0 bridgehead atoms. The van der Waals surface area contributed by atoms with Gasteiger partial charge < -0.3 is 16.4 Å². The van der Waals surface area contributed by atoms with E-state index in [-0.39, 0.29) is 29.8 Å². The molecule has 2 aliphatic rings. The maximum Gasteiger partial charge on any atom is 0.243 e. The summed E-state index contributed by atoms with van der Waals surface area (Å²) in [5, 5.41) is 5.85. The molecule has 5 heteroatoms. The molecule has 0 aromatic carbocycles. The van der Waals surface area contributed by atoms with Gasteiger partial charge in [-0.3, -0.25) is 9.59 Å². The molecule has 2 fully saturated rings.